The number of aromatic nitrogens is 1. The number of rotatable bonds is 7. The summed E-state index contributed by atoms with van der Waals surface area (Å²) in [4.78, 5) is 9.00. The van der Waals surface area contributed by atoms with Crippen LogP contribution in [0.1, 0.15) is 19.5 Å². The lowest BCUT2D eigenvalue weighted by Gasteiger charge is -2.29. The average Bonchev–Trinajstić information content (AvgIpc) is 2.35. The minimum Gasteiger partial charge on any atom is -0.324 e. The molecule has 5 heteroatoms. The monoisotopic (exact) mass is 251 g/mol. The van der Waals surface area contributed by atoms with E-state index in [1.165, 1.54) is 0 Å². The summed E-state index contributed by atoms with van der Waals surface area (Å²) >= 11 is 0. The molecule has 0 aromatic carbocycles. The first kappa shape index (κ1) is 14.9. The van der Waals surface area contributed by atoms with Crippen LogP contribution in [0.25, 0.3) is 0 Å². The third kappa shape index (κ3) is 4.60. The van der Waals surface area contributed by atoms with E-state index in [1.54, 1.807) is 6.20 Å². The molecule has 1 heterocycles. The van der Waals surface area contributed by atoms with Crippen LogP contribution in [0.5, 0.6) is 0 Å². The van der Waals surface area contributed by atoms with Crippen LogP contribution in [-0.2, 0) is 6.54 Å². The Labute approximate surface area is 110 Å². The average molecular weight is 251 g/mol. The highest BCUT2D eigenvalue weighted by atomic mass is 15.2. The number of likely N-dealkylation sites (N-methyl/N-ethyl adjacent to an activating group) is 2. The number of nitrogens with zero attached hydrogens (tertiary/aromatic N) is 3. The summed E-state index contributed by atoms with van der Waals surface area (Å²) in [6, 6.07) is 4.36. The second kappa shape index (κ2) is 7.31. The van der Waals surface area contributed by atoms with Crippen molar-refractivity contribution in [3.8, 4) is 0 Å². The van der Waals surface area contributed by atoms with Crippen molar-refractivity contribution >= 4 is 5.69 Å². The summed E-state index contributed by atoms with van der Waals surface area (Å²) in [5, 5.41) is 0. The van der Waals surface area contributed by atoms with Gasteiger partial charge < -0.3 is 10.3 Å². The first-order chi connectivity index (χ1) is 8.56. The Kier molecular flexibility index (Phi) is 6.04. The molecule has 1 rings (SSSR count). The van der Waals surface area contributed by atoms with Crippen molar-refractivity contribution in [2.24, 2.45) is 5.84 Å². The van der Waals surface area contributed by atoms with Crippen LogP contribution in [0, 0.1) is 0 Å². The highest BCUT2D eigenvalue weighted by Crippen LogP contribution is 2.11. The Morgan fingerprint density at radius 1 is 1.44 bits per heavy atom. The molecule has 0 bridgehead atoms. The molecule has 0 aliphatic rings. The number of pyridine rings is 1. The molecular weight excluding hydrogens is 226 g/mol. The fourth-order valence-corrected chi connectivity index (χ4v) is 2.09. The summed E-state index contributed by atoms with van der Waals surface area (Å²) in [5.41, 5.74) is 4.59. The first-order valence-corrected chi connectivity index (χ1v) is 6.37. The van der Waals surface area contributed by atoms with Gasteiger partial charge in [-0.25, -0.2) is 0 Å². The summed E-state index contributed by atoms with van der Waals surface area (Å²) < 4.78 is 0. The van der Waals surface area contributed by atoms with E-state index in [9.17, 15) is 0 Å². The van der Waals surface area contributed by atoms with E-state index in [0.29, 0.717) is 6.04 Å². The van der Waals surface area contributed by atoms with Crippen molar-refractivity contribution in [2.75, 3.05) is 32.6 Å². The molecular formula is C13H25N5. The van der Waals surface area contributed by atoms with E-state index in [1.807, 2.05) is 12.1 Å². The normalized spacial score (nSPS) is 13.1. The van der Waals surface area contributed by atoms with Crippen molar-refractivity contribution in [3.05, 3.63) is 24.0 Å². The second-order valence-electron chi connectivity index (χ2n) is 4.85. The quantitative estimate of drug-likeness (QED) is 0.562. The molecule has 0 saturated carbocycles. The van der Waals surface area contributed by atoms with Crippen LogP contribution in [0.2, 0.25) is 0 Å². The van der Waals surface area contributed by atoms with Gasteiger partial charge in [-0.15, -0.1) is 0 Å². The molecule has 0 radical (unpaired) electrons. The molecule has 18 heavy (non-hydrogen) atoms. The Hall–Kier alpha value is -1.17. The first-order valence-electron chi connectivity index (χ1n) is 6.37. The summed E-state index contributed by atoms with van der Waals surface area (Å²) in [5.74, 6) is 5.41. The number of hydrazine groups is 1. The number of nitrogen functional groups attached to an aromatic ring is 1. The predicted molar refractivity (Wildman–Crippen MR) is 76.1 cm³/mol. The van der Waals surface area contributed by atoms with Crippen molar-refractivity contribution in [3.63, 3.8) is 0 Å². The lowest BCUT2D eigenvalue weighted by molar-refractivity contribution is 0.172. The molecule has 5 nitrogen and oxygen atoms in total. The van der Waals surface area contributed by atoms with E-state index >= 15 is 0 Å². The zero-order valence-corrected chi connectivity index (χ0v) is 11.8. The van der Waals surface area contributed by atoms with Crippen molar-refractivity contribution in [1.29, 1.82) is 0 Å². The maximum Gasteiger partial charge on any atom is 0.0565 e. The van der Waals surface area contributed by atoms with Gasteiger partial charge in [-0.05, 0) is 39.7 Å². The summed E-state index contributed by atoms with van der Waals surface area (Å²) in [6.45, 7) is 7.33. The SMILES string of the molecule is CCN(Cc1cc(NN)ccn1)C(C)CN(C)C. The number of anilines is 1. The second-order valence-corrected chi connectivity index (χ2v) is 4.85. The number of hydrogen-bond acceptors (Lipinski definition) is 5. The van der Waals surface area contributed by atoms with Crippen LogP contribution >= 0.6 is 0 Å². The van der Waals surface area contributed by atoms with Gasteiger partial charge in [0.15, 0.2) is 0 Å². The van der Waals surface area contributed by atoms with E-state index in [-0.39, 0.29) is 0 Å². The van der Waals surface area contributed by atoms with Gasteiger partial charge in [0.05, 0.1) is 11.4 Å². The van der Waals surface area contributed by atoms with Crippen LogP contribution in [0.15, 0.2) is 18.3 Å². The van der Waals surface area contributed by atoms with Gasteiger partial charge in [0.2, 0.25) is 0 Å². The third-order valence-electron chi connectivity index (χ3n) is 3.01. The maximum atomic E-state index is 5.41. The summed E-state index contributed by atoms with van der Waals surface area (Å²) in [6.07, 6.45) is 1.79. The number of nitrogens with two attached hydrogens (primary N) is 1. The minimum absolute atomic E-state index is 0.501. The topological polar surface area (TPSA) is 57.4 Å². The largest absolute Gasteiger partial charge is 0.324 e. The van der Waals surface area contributed by atoms with Gasteiger partial charge in [0, 0.05) is 25.3 Å². The maximum absolute atomic E-state index is 5.41. The highest BCUT2D eigenvalue weighted by molar-refractivity contribution is 5.41. The van der Waals surface area contributed by atoms with E-state index in [2.05, 4.69) is 48.2 Å². The molecule has 0 saturated heterocycles. The highest BCUT2D eigenvalue weighted by Gasteiger charge is 2.13. The number of nitrogens with one attached hydrogen (secondary N) is 1. The van der Waals surface area contributed by atoms with Crippen LogP contribution in [0.3, 0.4) is 0 Å². The van der Waals surface area contributed by atoms with Crippen molar-refractivity contribution in [1.82, 2.24) is 14.8 Å². The van der Waals surface area contributed by atoms with Gasteiger partial charge >= 0.3 is 0 Å². The molecule has 1 unspecified atom stereocenters. The lowest BCUT2D eigenvalue weighted by Crippen LogP contribution is -2.39. The fourth-order valence-electron chi connectivity index (χ4n) is 2.09. The smallest absolute Gasteiger partial charge is 0.0565 e. The zero-order chi connectivity index (χ0) is 13.5. The molecule has 3 N–H and O–H groups in total. The van der Waals surface area contributed by atoms with E-state index in [0.717, 1.165) is 31.0 Å². The Bertz CT molecular complexity index is 353. The molecule has 0 spiro atoms. The third-order valence-corrected chi connectivity index (χ3v) is 3.01. The van der Waals surface area contributed by atoms with Gasteiger partial charge in [-0.1, -0.05) is 6.92 Å². The standard InChI is InChI=1S/C13H25N5/c1-5-18(11(2)9-17(3)4)10-13-8-12(16-14)6-7-15-13/h6-8,11H,5,9-10,14H2,1-4H3,(H,15,16). The minimum atomic E-state index is 0.501. The Balaban J connectivity index is 2.66. The molecule has 1 aromatic heterocycles. The summed E-state index contributed by atoms with van der Waals surface area (Å²) in [7, 11) is 4.20. The van der Waals surface area contributed by atoms with Gasteiger partial charge in [-0.2, -0.15) is 0 Å². The van der Waals surface area contributed by atoms with E-state index in [4.69, 9.17) is 5.84 Å². The Morgan fingerprint density at radius 3 is 2.72 bits per heavy atom. The number of hydrogen-bond donors (Lipinski definition) is 2. The Morgan fingerprint density at radius 2 is 2.17 bits per heavy atom. The van der Waals surface area contributed by atoms with Crippen LogP contribution in [0.4, 0.5) is 5.69 Å². The molecule has 102 valence electrons. The molecule has 0 aliphatic heterocycles. The molecule has 1 aromatic rings. The van der Waals surface area contributed by atoms with Gasteiger partial charge in [0.25, 0.3) is 0 Å². The van der Waals surface area contributed by atoms with Crippen molar-refractivity contribution < 1.29 is 0 Å². The predicted octanol–water partition coefficient (Wildman–Crippen LogP) is 1.14. The molecule has 1 atom stereocenters. The molecule has 0 amide bonds. The van der Waals surface area contributed by atoms with Crippen LogP contribution < -0.4 is 11.3 Å². The molecule has 0 aliphatic carbocycles. The zero-order valence-electron chi connectivity index (χ0n) is 11.8. The molecule has 0 fully saturated rings. The van der Waals surface area contributed by atoms with Crippen LogP contribution in [-0.4, -0.2) is 48.0 Å². The fraction of sp³-hybridized carbons (Fsp3) is 0.615. The van der Waals surface area contributed by atoms with E-state index < -0.39 is 0 Å². The van der Waals surface area contributed by atoms with Crippen molar-refractivity contribution in [2.45, 2.75) is 26.4 Å². The van der Waals surface area contributed by atoms with Gasteiger partial charge in [0.1, 0.15) is 0 Å². The van der Waals surface area contributed by atoms with Gasteiger partial charge in [-0.3, -0.25) is 15.7 Å². The lowest BCUT2D eigenvalue weighted by atomic mass is 10.2.